The summed E-state index contributed by atoms with van der Waals surface area (Å²) in [5, 5.41) is 6.27. The first-order chi connectivity index (χ1) is 16.3. The number of alkyl halides is 3. The summed E-state index contributed by atoms with van der Waals surface area (Å²) in [4.78, 5) is 20.3. The zero-order valence-corrected chi connectivity index (χ0v) is 18.8. The van der Waals surface area contributed by atoms with Gasteiger partial charge in [0.15, 0.2) is 0 Å². The van der Waals surface area contributed by atoms with Gasteiger partial charge in [-0.05, 0) is 42.7 Å². The van der Waals surface area contributed by atoms with E-state index in [4.69, 9.17) is 4.52 Å². The number of para-hydroxylation sites is 1. The van der Waals surface area contributed by atoms with Gasteiger partial charge >= 0.3 is 12.1 Å². The first-order valence-electron chi connectivity index (χ1n) is 11.2. The van der Waals surface area contributed by atoms with Gasteiger partial charge in [0.2, 0.25) is 11.7 Å². The van der Waals surface area contributed by atoms with Crippen LogP contribution in [0.5, 0.6) is 0 Å². The SMILES string of the molecule is CCc1nc(-c2ccc3c(c2)N(C)c2ccccc2[C@H]2C[C@@H](NC(=O)C(F)(F)F)CCN32)no1. The van der Waals surface area contributed by atoms with Gasteiger partial charge in [-0.2, -0.15) is 18.2 Å². The van der Waals surface area contributed by atoms with E-state index in [1.807, 2.05) is 56.4 Å². The highest BCUT2D eigenvalue weighted by Crippen LogP contribution is 2.48. The van der Waals surface area contributed by atoms with E-state index in [1.54, 1.807) is 0 Å². The monoisotopic (exact) mass is 471 g/mol. The first-order valence-corrected chi connectivity index (χ1v) is 11.2. The van der Waals surface area contributed by atoms with Crippen LogP contribution in [0.4, 0.5) is 30.2 Å². The lowest BCUT2D eigenvalue weighted by Crippen LogP contribution is -2.49. The third kappa shape index (κ3) is 3.86. The lowest BCUT2D eigenvalue weighted by Gasteiger charge is -2.41. The van der Waals surface area contributed by atoms with Crippen molar-refractivity contribution in [3.05, 3.63) is 53.9 Å². The van der Waals surface area contributed by atoms with Gasteiger partial charge in [-0.15, -0.1) is 0 Å². The highest BCUT2D eigenvalue weighted by molar-refractivity contribution is 5.85. The van der Waals surface area contributed by atoms with Crippen LogP contribution in [0.15, 0.2) is 47.0 Å². The molecule has 2 aliphatic rings. The van der Waals surface area contributed by atoms with Crippen LogP contribution >= 0.6 is 0 Å². The molecule has 2 aliphatic heterocycles. The van der Waals surface area contributed by atoms with Crippen molar-refractivity contribution in [2.24, 2.45) is 0 Å². The number of carbonyl (C=O) groups excluding carboxylic acids is 1. The van der Waals surface area contributed by atoms with Gasteiger partial charge in [0.05, 0.1) is 17.4 Å². The summed E-state index contributed by atoms with van der Waals surface area (Å²) < 4.78 is 43.8. The molecule has 1 N–H and O–H groups in total. The second kappa shape index (κ2) is 8.34. The second-order valence-electron chi connectivity index (χ2n) is 8.59. The molecular formula is C24H24F3N5O2. The predicted octanol–water partition coefficient (Wildman–Crippen LogP) is 4.77. The van der Waals surface area contributed by atoms with Gasteiger partial charge in [0, 0.05) is 37.3 Å². The highest BCUT2D eigenvalue weighted by Gasteiger charge is 2.42. The van der Waals surface area contributed by atoms with E-state index in [0.29, 0.717) is 37.5 Å². The predicted molar refractivity (Wildman–Crippen MR) is 121 cm³/mol. The van der Waals surface area contributed by atoms with E-state index in [2.05, 4.69) is 25.3 Å². The molecule has 1 saturated heterocycles. The fraction of sp³-hybridized carbons (Fsp3) is 0.375. The van der Waals surface area contributed by atoms with Gasteiger partial charge in [-0.3, -0.25) is 4.79 Å². The minimum atomic E-state index is -4.89. The van der Waals surface area contributed by atoms with Crippen molar-refractivity contribution in [1.82, 2.24) is 15.5 Å². The number of anilines is 3. The molecule has 3 aromatic rings. The first kappa shape index (κ1) is 22.2. The lowest BCUT2D eigenvalue weighted by molar-refractivity contribution is -0.174. The third-order valence-corrected chi connectivity index (χ3v) is 6.53. The highest BCUT2D eigenvalue weighted by atomic mass is 19.4. The number of fused-ring (bicyclic) bond motifs is 5. The maximum Gasteiger partial charge on any atom is 0.471 e. The number of benzene rings is 2. The summed E-state index contributed by atoms with van der Waals surface area (Å²) in [6, 6.07) is 13.0. The fourth-order valence-corrected chi connectivity index (χ4v) is 4.84. The zero-order chi connectivity index (χ0) is 24.0. The molecule has 2 atom stereocenters. The van der Waals surface area contributed by atoms with Crippen LogP contribution in [-0.2, 0) is 11.2 Å². The Balaban J connectivity index is 1.54. The van der Waals surface area contributed by atoms with Crippen molar-refractivity contribution in [3.63, 3.8) is 0 Å². The molecule has 178 valence electrons. The van der Waals surface area contributed by atoms with Crippen molar-refractivity contribution in [1.29, 1.82) is 0 Å². The molecule has 2 aromatic carbocycles. The third-order valence-electron chi connectivity index (χ3n) is 6.53. The van der Waals surface area contributed by atoms with Crippen molar-refractivity contribution < 1.29 is 22.5 Å². The summed E-state index contributed by atoms with van der Waals surface area (Å²) in [5.41, 5.74) is 4.68. The van der Waals surface area contributed by atoms with E-state index in [1.165, 1.54) is 0 Å². The molecular weight excluding hydrogens is 447 g/mol. The quantitative estimate of drug-likeness (QED) is 0.593. The summed E-state index contributed by atoms with van der Waals surface area (Å²) in [6.07, 6.45) is -3.46. The van der Waals surface area contributed by atoms with Crippen molar-refractivity contribution >= 4 is 23.0 Å². The van der Waals surface area contributed by atoms with Gasteiger partial charge in [0.1, 0.15) is 0 Å². The average Bonchev–Trinajstić information content (AvgIpc) is 3.29. The van der Waals surface area contributed by atoms with Crippen molar-refractivity contribution in [2.75, 3.05) is 23.4 Å². The van der Waals surface area contributed by atoms with E-state index in [0.717, 1.165) is 28.2 Å². The Morgan fingerprint density at radius 2 is 1.97 bits per heavy atom. The fourth-order valence-electron chi connectivity index (χ4n) is 4.84. The average molecular weight is 471 g/mol. The lowest BCUT2D eigenvalue weighted by atomic mass is 9.90. The summed E-state index contributed by atoms with van der Waals surface area (Å²) in [7, 11) is 1.97. The molecule has 0 saturated carbocycles. The maximum absolute atomic E-state index is 12.8. The molecule has 34 heavy (non-hydrogen) atoms. The Labute approximate surface area is 194 Å². The standard InChI is InChI=1S/C24H24F3N5O2/c1-3-21-29-22(30-34-21)14-8-9-18-20(12-14)31(2)17-7-5-4-6-16(17)19-13-15(10-11-32(18)19)28-23(33)24(25,26)27/h4-9,12,15,19H,3,10-11,13H2,1-2H3,(H,28,33)/t15-,19+/m0/s1. The maximum atomic E-state index is 12.8. The number of halogens is 3. The number of hydrogen-bond donors (Lipinski definition) is 1. The summed E-state index contributed by atoms with van der Waals surface area (Å²) in [5.74, 6) is -0.816. The molecule has 0 bridgehead atoms. The van der Waals surface area contributed by atoms with Crippen LogP contribution in [0.3, 0.4) is 0 Å². The molecule has 1 amide bonds. The number of hydrogen-bond acceptors (Lipinski definition) is 6. The normalized spacial score (nSPS) is 19.7. The molecule has 3 heterocycles. The molecule has 1 aromatic heterocycles. The van der Waals surface area contributed by atoms with Crippen LogP contribution in [-0.4, -0.2) is 41.9 Å². The zero-order valence-electron chi connectivity index (χ0n) is 18.8. The van der Waals surface area contributed by atoms with E-state index >= 15 is 0 Å². The van der Waals surface area contributed by atoms with Gasteiger partial charge in [-0.25, -0.2) is 0 Å². The van der Waals surface area contributed by atoms with Crippen LogP contribution in [0.1, 0.15) is 37.3 Å². The van der Waals surface area contributed by atoms with E-state index in [9.17, 15) is 18.0 Å². The van der Waals surface area contributed by atoms with Gasteiger partial charge in [0.25, 0.3) is 0 Å². The summed E-state index contributed by atoms with van der Waals surface area (Å²) >= 11 is 0. The number of aryl methyl sites for hydroxylation is 1. The second-order valence-corrected chi connectivity index (χ2v) is 8.59. The summed E-state index contributed by atoms with van der Waals surface area (Å²) in [6.45, 7) is 2.45. The Morgan fingerprint density at radius 3 is 2.71 bits per heavy atom. The molecule has 5 rings (SSSR count). The Hall–Kier alpha value is -3.56. The minimum absolute atomic E-state index is 0.185. The number of rotatable bonds is 3. The molecule has 1 fully saturated rings. The largest absolute Gasteiger partial charge is 0.471 e. The van der Waals surface area contributed by atoms with E-state index < -0.39 is 18.1 Å². The number of nitrogens with zero attached hydrogens (tertiary/aromatic N) is 4. The molecule has 0 unspecified atom stereocenters. The van der Waals surface area contributed by atoms with Crippen LogP contribution in [0, 0.1) is 0 Å². The number of aromatic nitrogens is 2. The Kier molecular flexibility index (Phi) is 5.45. The molecule has 10 heteroatoms. The molecule has 0 radical (unpaired) electrons. The number of amides is 1. The molecule has 0 aliphatic carbocycles. The topological polar surface area (TPSA) is 74.5 Å². The van der Waals surface area contributed by atoms with Gasteiger partial charge < -0.3 is 19.6 Å². The van der Waals surface area contributed by atoms with E-state index in [-0.39, 0.29) is 6.04 Å². The Morgan fingerprint density at radius 1 is 1.18 bits per heavy atom. The Bertz CT molecular complexity index is 1230. The number of nitrogens with one attached hydrogen (secondary N) is 1. The molecule has 7 nitrogen and oxygen atoms in total. The van der Waals surface area contributed by atoms with Crippen LogP contribution in [0.2, 0.25) is 0 Å². The smallest absolute Gasteiger partial charge is 0.363 e. The van der Waals surface area contributed by atoms with Crippen LogP contribution in [0.25, 0.3) is 11.4 Å². The van der Waals surface area contributed by atoms with Crippen molar-refractivity contribution in [2.45, 2.75) is 44.4 Å². The van der Waals surface area contributed by atoms with Crippen molar-refractivity contribution in [3.8, 4) is 11.4 Å². The number of carbonyl (C=O) groups is 1. The van der Waals surface area contributed by atoms with Gasteiger partial charge in [-0.1, -0.05) is 30.3 Å². The molecule has 0 spiro atoms. The van der Waals surface area contributed by atoms with Crippen LogP contribution < -0.4 is 15.1 Å². The minimum Gasteiger partial charge on any atom is -0.363 e. The number of piperidine rings is 1.